The minimum atomic E-state index is -0.0687. The first kappa shape index (κ1) is 23.3. The molecule has 1 aromatic heterocycles. The van der Waals surface area contributed by atoms with Crippen molar-refractivity contribution >= 4 is 17.4 Å². The highest BCUT2D eigenvalue weighted by Crippen LogP contribution is 2.59. The number of hydrogen-bond acceptors (Lipinski definition) is 5. The Morgan fingerprint density at radius 1 is 1.00 bits per heavy atom. The molecule has 0 radical (unpaired) electrons. The lowest BCUT2D eigenvalue weighted by Crippen LogP contribution is -2.38. The number of anilines is 2. The van der Waals surface area contributed by atoms with Crippen molar-refractivity contribution in [3.05, 3.63) is 36.4 Å². The summed E-state index contributed by atoms with van der Waals surface area (Å²) in [7, 11) is 0. The number of aromatic nitrogens is 2. The second-order valence-electron chi connectivity index (χ2n) is 10.9. The number of nitrogens with zero attached hydrogens (tertiary/aromatic N) is 3. The SMILES string of the molecule is CC(=O)Nc1ccc(-c2ccc(NCC3CC34CCN(CC3CCCCCC3)CC4)nn2)cc1. The summed E-state index contributed by atoms with van der Waals surface area (Å²) >= 11 is 0. The Bertz CT molecular complexity index is 942. The van der Waals surface area contributed by atoms with E-state index in [1.54, 1.807) is 0 Å². The van der Waals surface area contributed by atoms with Crippen LogP contribution in [0.15, 0.2) is 36.4 Å². The average molecular weight is 462 g/mol. The van der Waals surface area contributed by atoms with Crippen LogP contribution in [0.3, 0.4) is 0 Å². The Balaban J connectivity index is 1.06. The van der Waals surface area contributed by atoms with Crippen molar-refractivity contribution < 1.29 is 4.79 Å². The van der Waals surface area contributed by atoms with Crippen LogP contribution < -0.4 is 10.6 Å². The van der Waals surface area contributed by atoms with E-state index in [0.29, 0.717) is 5.41 Å². The Kier molecular flexibility index (Phi) is 7.14. The number of rotatable bonds is 7. The van der Waals surface area contributed by atoms with Crippen LogP contribution >= 0.6 is 0 Å². The Morgan fingerprint density at radius 3 is 2.38 bits per heavy atom. The van der Waals surface area contributed by atoms with E-state index >= 15 is 0 Å². The van der Waals surface area contributed by atoms with Crippen molar-refractivity contribution in [2.45, 2.75) is 64.7 Å². The predicted octanol–water partition coefficient (Wildman–Crippen LogP) is 5.59. The van der Waals surface area contributed by atoms with Gasteiger partial charge in [-0.05, 0) is 86.7 Å². The minimum Gasteiger partial charge on any atom is -0.368 e. The number of carbonyl (C=O) groups excluding carboxylic acids is 1. The lowest BCUT2D eigenvalue weighted by molar-refractivity contribution is -0.114. The molecule has 0 bridgehead atoms. The van der Waals surface area contributed by atoms with Gasteiger partial charge in [0.05, 0.1) is 5.69 Å². The number of carbonyl (C=O) groups is 1. The molecule has 1 saturated heterocycles. The number of piperidine rings is 1. The van der Waals surface area contributed by atoms with Gasteiger partial charge in [-0.15, -0.1) is 10.2 Å². The Labute approximate surface area is 203 Å². The summed E-state index contributed by atoms with van der Waals surface area (Å²) in [6.45, 7) is 6.44. The lowest BCUT2D eigenvalue weighted by atomic mass is 9.89. The van der Waals surface area contributed by atoms with Gasteiger partial charge in [0.25, 0.3) is 0 Å². The highest BCUT2D eigenvalue weighted by molar-refractivity contribution is 5.88. The standard InChI is InChI=1S/C28H39N5O/c1-21(34)30-25-10-8-23(9-11-25)26-12-13-27(32-31-26)29-19-24-18-28(24)14-16-33(17-15-28)20-22-6-4-2-3-5-7-22/h8-13,22,24H,2-7,14-20H2,1H3,(H,29,32)(H,30,34). The smallest absolute Gasteiger partial charge is 0.221 e. The number of likely N-dealkylation sites (tertiary alicyclic amines) is 1. The largest absolute Gasteiger partial charge is 0.368 e. The monoisotopic (exact) mass is 461 g/mol. The lowest BCUT2D eigenvalue weighted by Gasteiger charge is -2.35. The first-order chi connectivity index (χ1) is 16.6. The molecule has 1 spiro atoms. The molecule has 6 nitrogen and oxygen atoms in total. The van der Waals surface area contributed by atoms with Gasteiger partial charge in [-0.25, -0.2) is 0 Å². The van der Waals surface area contributed by atoms with Crippen LogP contribution in [0.25, 0.3) is 11.3 Å². The zero-order chi connectivity index (χ0) is 23.4. The zero-order valence-electron chi connectivity index (χ0n) is 20.6. The van der Waals surface area contributed by atoms with Gasteiger partial charge in [-0.1, -0.05) is 37.8 Å². The van der Waals surface area contributed by atoms with Gasteiger partial charge in [0, 0.05) is 31.3 Å². The van der Waals surface area contributed by atoms with E-state index in [0.717, 1.165) is 41.1 Å². The van der Waals surface area contributed by atoms with Gasteiger partial charge in [-0.3, -0.25) is 4.79 Å². The van der Waals surface area contributed by atoms with E-state index in [1.165, 1.54) is 84.3 Å². The molecule has 2 saturated carbocycles. The fourth-order valence-corrected chi connectivity index (χ4v) is 6.16. The van der Waals surface area contributed by atoms with Crippen LogP contribution in [0.4, 0.5) is 11.5 Å². The first-order valence-corrected chi connectivity index (χ1v) is 13.3. The van der Waals surface area contributed by atoms with Gasteiger partial charge >= 0.3 is 0 Å². The molecular formula is C28H39N5O. The number of hydrogen-bond donors (Lipinski definition) is 2. The van der Waals surface area contributed by atoms with Crippen molar-refractivity contribution in [1.29, 1.82) is 0 Å². The van der Waals surface area contributed by atoms with E-state index < -0.39 is 0 Å². The summed E-state index contributed by atoms with van der Waals surface area (Å²) in [5.74, 6) is 2.51. The summed E-state index contributed by atoms with van der Waals surface area (Å²) < 4.78 is 0. The van der Waals surface area contributed by atoms with Crippen LogP contribution in [0.5, 0.6) is 0 Å². The van der Waals surface area contributed by atoms with Crippen LogP contribution in [-0.4, -0.2) is 47.2 Å². The van der Waals surface area contributed by atoms with Crippen LogP contribution in [-0.2, 0) is 4.79 Å². The first-order valence-electron chi connectivity index (χ1n) is 13.3. The maximum atomic E-state index is 11.2. The third-order valence-corrected chi connectivity index (χ3v) is 8.40. The summed E-state index contributed by atoms with van der Waals surface area (Å²) in [6.07, 6.45) is 12.8. The quantitative estimate of drug-likeness (QED) is 0.526. The van der Waals surface area contributed by atoms with Crippen molar-refractivity contribution in [2.24, 2.45) is 17.3 Å². The summed E-state index contributed by atoms with van der Waals surface area (Å²) in [5, 5.41) is 15.1. The summed E-state index contributed by atoms with van der Waals surface area (Å²) in [5.41, 5.74) is 3.19. The maximum Gasteiger partial charge on any atom is 0.221 e. The fraction of sp³-hybridized carbons (Fsp3) is 0.607. The summed E-state index contributed by atoms with van der Waals surface area (Å²) in [4.78, 5) is 13.9. The van der Waals surface area contributed by atoms with Crippen molar-refractivity contribution in [1.82, 2.24) is 15.1 Å². The van der Waals surface area contributed by atoms with E-state index in [2.05, 4.69) is 25.7 Å². The highest BCUT2D eigenvalue weighted by Gasteiger charge is 2.54. The zero-order valence-corrected chi connectivity index (χ0v) is 20.6. The van der Waals surface area contributed by atoms with Gasteiger partial charge in [0.2, 0.25) is 5.91 Å². The second kappa shape index (κ2) is 10.4. The number of amides is 1. The minimum absolute atomic E-state index is 0.0687. The van der Waals surface area contributed by atoms with Crippen molar-refractivity contribution in [3.63, 3.8) is 0 Å². The van der Waals surface area contributed by atoms with E-state index in [9.17, 15) is 4.79 Å². The van der Waals surface area contributed by atoms with Crippen LogP contribution in [0.2, 0.25) is 0 Å². The van der Waals surface area contributed by atoms with Crippen molar-refractivity contribution in [2.75, 3.05) is 36.8 Å². The fourth-order valence-electron chi connectivity index (χ4n) is 6.16. The normalized spacial score (nSPS) is 22.8. The second-order valence-corrected chi connectivity index (χ2v) is 10.9. The topological polar surface area (TPSA) is 70.2 Å². The van der Waals surface area contributed by atoms with Crippen LogP contribution in [0.1, 0.15) is 64.7 Å². The average Bonchev–Trinajstić information content (AvgIpc) is 3.59. The molecule has 1 unspecified atom stereocenters. The molecule has 2 heterocycles. The molecule has 1 aromatic carbocycles. The van der Waals surface area contributed by atoms with Gasteiger partial charge in [0.15, 0.2) is 0 Å². The van der Waals surface area contributed by atoms with Gasteiger partial charge in [0.1, 0.15) is 5.82 Å². The number of nitrogens with one attached hydrogen (secondary N) is 2. The molecule has 2 aliphatic carbocycles. The third-order valence-electron chi connectivity index (χ3n) is 8.40. The highest BCUT2D eigenvalue weighted by atomic mass is 16.1. The molecule has 5 rings (SSSR count). The van der Waals surface area contributed by atoms with Crippen LogP contribution in [0, 0.1) is 17.3 Å². The Morgan fingerprint density at radius 2 is 1.74 bits per heavy atom. The van der Waals surface area contributed by atoms with E-state index in [1.807, 2.05) is 36.4 Å². The molecule has 3 fully saturated rings. The molecule has 34 heavy (non-hydrogen) atoms. The molecule has 1 amide bonds. The molecule has 1 atom stereocenters. The molecule has 6 heteroatoms. The van der Waals surface area contributed by atoms with E-state index in [4.69, 9.17) is 0 Å². The number of benzene rings is 1. The molecule has 2 aromatic rings. The maximum absolute atomic E-state index is 11.2. The molecular weight excluding hydrogens is 422 g/mol. The molecule has 1 aliphatic heterocycles. The molecule has 182 valence electrons. The summed E-state index contributed by atoms with van der Waals surface area (Å²) in [6, 6.07) is 11.7. The van der Waals surface area contributed by atoms with Gasteiger partial charge in [-0.2, -0.15) is 0 Å². The predicted molar refractivity (Wildman–Crippen MR) is 138 cm³/mol. The van der Waals surface area contributed by atoms with Gasteiger partial charge < -0.3 is 15.5 Å². The molecule has 3 aliphatic rings. The third kappa shape index (κ3) is 5.77. The molecule has 2 N–H and O–H groups in total. The van der Waals surface area contributed by atoms with Crippen molar-refractivity contribution in [3.8, 4) is 11.3 Å². The Hall–Kier alpha value is -2.47. The van der Waals surface area contributed by atoms with E-state index in [-0.39, 0.29) is 5.91 Å².